The molecule has 0 aromatic carbocycles. The van der Waals surface area contributed by atoms with Gasteiger partial charge in [-0.25, -0.2) is 0 Å². The number of aliphatic hydroxyl groups excluding tert-OH is 1. The highest BCUT2D eigenvalue weighted by molar-refractivity contribution is 5.06. The molecule has 2 atom stereocenters. The van der Waals surface area contributed by atoms with Crippen LogP contribution in [0.1, 0.15) is 26.2 Å². The molecule has 2 rings (SSSR count). The average Bonchev–Trinajstić information content (AvgIpc) is 2.54. The smallest absolute Gasteiger partial charge is 0.0464 e. The van der Waals surface area contributed by atoms with Crippen molar-refractivity contribution in [2.75, 3.05) is 6.61 Å². The van der Waals surface area contributed by atoms with E-state index in [2.05, 4.69) is 6.92 Å². The van der Waals surface area contributed by atoms with Crippen LogP contribution in [0.4, 0.5) is 0 Å². The van der Waals surface area contributed by atoms with Crippen molar-refractivity contribution in [2.45, 2.75) is 26.2 Å². The standard InChI is InChI=1S/C8H14O/c1-8(6-2-3-6)4-7(8)5-9/h6-7,9H,2-5H2,1H3/t7-,8-/m1/s1. The zero-order valence-electron chi connectivity index (χ0n) is 5.93. The Hall–Kier alpha value is -0.0400. The number of hydrogen-bond donors (Lipinski definition) is 1. The summed E-state index contributed by atoms with van der Waals surface area (Å²) in [4.78, 5) is 0. The van der Waals surface area contributed by atoms with E-state index >= 15 is 0 Å². The Morgan fingerprint density at radius 2 is 2.22 bits per heavy atom. The fourth-order valence-electron chi connectivity index (χ4n) is 1.99. The van der Waals surface area contributed by atoms with E-state index in [0.717, 1.165) is 5.92 Å². The van der Waals surface area contributed by atoms with Crippen LogP contribution in [-0.4, -0.2) is 11.7 Å². The molecule has 2 aliphatic carbocycles. The summed E-state index contributed by atoms with van der Waals surface area (Å²) in [6.45, 7) is 2.75. The molecule has 9 heavy (non-hydrogen) atoms. The summed E-state index contributed by atoms with van der Waals surface area (Å²) in [5.74, 6) is 1.64. The number of rotatable bonds is 2. The second-order valence-corrected chi connectivity index (χ2v) is 3.86. The highest BCUT2D eigenvalue weighted by Gasteiger charge is 2.57. The molecule has 0 radical (unpaired) electrons. The van der Waals surface area contributed by atoms with Crippen LogP contribution in [0.15, 0.2) is 0 Å². The Balaban J connectivity index is 1.95. The molecular formula is C8H14O. The van der Waals surface area contributed by atoms with Crippen LogP contribution in [0.2, 0.25) is 0 Å². The van der Waals surface area contributed by atoms with E-state index < -0.39 is 0 Å². The molecule has 0 aromatic heterocycles. The Morgan fingerprint density at radius 3 is 2.56 bits per heavy atom. The minimum atomic E-state index is 0.424. The number of aliphatic hydroxyl groups is 1. The highest BCUT2D eigenvalue weighted by atomic mass is 16.3. The molecule has 0 saturated heterocycles. The van der Waals surface area contributed by atoms with Gasteiger partial charge in [-0.05, 0) is 36.5 Å². The minimum absolute atomic E-state index is 0.424. The summed E-state index contributed by atoms with van der Waals surface area (Å²) < 4.78 is 0. The number of hydrogen-bond acceptors (Lipinski definition) is 1. The van der Waals surface area contributed by atoms with Gasteiger partial charge in [0.2, 0.25) is 0 Å². The lowest BCUT2D eigenvalue weighted by Gasteiger charge is -2.05. The fraction of sp³-hybridized carbons (Fsp3) is 1.00. The van der Waals surface area contributed by atoms with Gasteiger partial charge >= 0.3 is 0 Å². The van der Waals surface area contributed by atoms with Crippen LogP contribution in [0.25, 0.3) is 0 Å². The van der Waals surface area contributed by atoms with Crippen molar-refractivity contribution in [3.05, 3.63) is 0 Å². The van der Waals surface area contributed by atoms with E-state index in [4.69, 9.17) is 5.11 Å². The normalized spacial score (nSPS) is 49.3. The van der Waals surface area contributed by atoms with Crippen molar-refractivity contribution in [2.24, 2.45) is 17.3 Å². The molecule has 0 heterocycles. The molecule has 0 amide bonds. The first kappa shape index (κ1) is 5.72. The quantitative estimate of drug-likeness (QED) is 0.593. The van der Waals surface area contributed by atoms with Crippen LogP contribution < -0.4 is 0 Å². The van der Waals surface area contributed by atoms with Gasteiger partial charge in [0.05, 0.1) is 0 Å². The highest BCUT2D eigenvalue weighted by Crippen LogP contribution is 2.64. The summed E-state index contributed by atoms with van der Waals surface area (Å²) >= 11 is 0. The Kier molecular flexibility index (Phi) is 0.963. The third kappa shape index (κ3) is 0.710. The second-order valence-electron chi connectivity index (χ2n) is 3.86. The molecule has 2 saturated carbocycles. The summed E-state index contributed by atoms with van der Waals surface area (Å²) in [6.07, 6.45) is 4.13. The zero-order chi connectivity index (χ0) is 6.48. The largest absolute Gasteiger partial charge is 0.396 e. The molecule has 0 spiro atoms. The molecule has 1 nitrogen and oxygen atoms in total. The fourth-order valence-corrected chi connectivity index (χ4v) is 1.99. The predicted molar refractivity (Wildman–Crippen MR) is 36.0 cm³/mol. The van der Waals surface area contributed by atoms with Gasteiger partial charge in [0, 0.05) is 6.61 Å². The third-order valence-corrected chi connectivity index (χ3v) is 3.19. The van der Waals surface area contributed by atoms with Crippen LogP contribution in [0.5, 0.6) is 0 Å². The second kappa shape index (κ2) is 1.51. The monoisotopic (exact) mass is 126 g/mol. The Labute approximate surface area is 56.1 Å². The van der Waals surface area contributed by atoms with Gasteiger partial charge in [-0.15, -0.1) is 0 Å². The molecule has 2 fully saturated rings. The third-order valence-electron chi connectivity index (χ3n) is 3.19. The van der Waals surface area contributed by atoms with E-state index in [1.807, 2.05) is 0 Å². The lowest BCUT2D eigenvalue weighted by Crippen LogP contribution is -2.02. The lowest BCUT2D eigenvalue weighted by atomic mass is 10.0. The van der Waals surface area contributed by atoms with Crippen molar-refractivity contribution in [3.8, 4) is 0 Å². The summed E-state index contributed by atoms with van der Waals surface area (Å²) in [5, 5.41) is 8.82. The first-order valence-corrected chi connectivity index (χ1v) is 3.88. The van der Waals surface area contributed by atoms with Crippen molar-refractivity contribution in [3.63, 3.8) is 0 Å². The molecule has 0 bridgehead atoms. The van der Waals surface area contributed by atoms with Gasteiger partial charge in [-0.1, -0.05) is 6.92 Å². The van der Waals surface area contributed by atoms with Gasteiger partial charge in [0.25, 0.3) is 0 Å². The summed E-state index contributed by atoms with van der Waals surface area (Å²) in [5.41, 5.74) is 0.578. The first-order chi connectivity index (χ1) is 4.27. The molecule has 0 aromatic rings. The van der Waals surface area contributed by atoms with Crippen molar-refractivity contribution in [1.29, 1.82) is 0 Å². The Bertz CT molecular complexity index is 129. The van der Waals surface area contributed by atoms with Crippen molar-refractivity contribution < 1.29 is 5.11 Å². The molecule has 0 unspecified atom stereocenters. The molecule has 1 heteroatoms. The van der Waals surface area contributed by atoms with Gasteiger partial charge in [0.15, 0.2) is 0 Å². The van der Waals surface area contributed by atoms with E-state index in [1.54, 1.807) is 0 Å². The summed E-state index contributed by atoms with van der Waals surface area (Å²) in [6, 6.07) is 0. The van der Waals surface area contributed by atoms with Gasteiger partial charge in [-0.2, -0.15) is 0 Å². The van der Waals surface area contributed by atoms with E-state index in [9.17, 15) is 0 Å². The first-order valence-electron chi connectivity index (χ1n) is 3.88. The topological polar surface area (TPSA) is 20.2 Å². The minimum Gasteiger partial charge on any atom is -0.396 e. The molecule has 1 N–H and O–H groups in total. The van der Waals surface area contributed by atoms with E-state index in [0.29, 0.717) is 17.9 Å². The van der Waals surface area contributed by atoms with E-state index in [-0.39, 0.29) is 0 Å². The van der Waals surface area contributed by atoms with Crippen LogP contribution in [0, 0.1) is 17.3 Å². The van der Waals surface area contributed by atoms with Gasteiger partial charge < -0.3 is 5.11 Å². The molecule has 2 aliphatic rings. The predicted octanol–water partition coefficient (Wildman–Crippen LogP) is 1.41. The van der Waals surface area contributed by atoms with Crippen molar-refractivity contribution in [1.82, 2.24) is 0 Å². The maximum Gasteiger partial charge on any atom is 0.0464 e. The van der Waals surface area contributed by atoms with Crippen molar-refractivity contribution >= 4 is 0 Å². The lowest BCUT2D eigenvalue weighted by molar-refractivity contribution is 0.245. The average molecular weight is 126 g/mol. The van der Waals surface area contributed by atoms with Crippen LogP contribution in [-0.2, 0) is 0 Å². The summed E-state index contributed by atoms with van der Waals surface area (Å²) in [7, 11) is 0. The van der Waals surface area contributed by atoms with Crippen LogP contribution >= 0.6 is 0 Å². The molecule has 52 valence electrons. The van der Waals surface area contributed by atoms with E-state index in [1.165, 1.54) is 19.3 Å². The molecular weight excluding hydrogens is 112 g/mol. The maximum absolute atomic E-state index is 8.82. The van der Waals surface area contributed by atoms with Crippen LogP contribution in [0.3, 0.4) is 0 Å². The molecule has 0 aliphatic heterocycles. The SMILES string of the molecule is C[C@]1(C2CC2)C[C@@H]1CO. The maximum atomic E-state index is 8.82. The van der Waals surface area contributed by atoms with Gasteiger partial charge in [-0.3, -0.25) is 0 Å². The Morgan fingerprint density at radius 1 is 1.56 bits per heavy atom. The van der Waals surface area contributed by atoms with Gasteiger partial charge in [0.1, 0.15) is 0 Å². The zero-order valence-corrected chi connectivity index (χ0v) is 5.93.